The molecule has 0 fully saturated rings. The Morgan fingerprint density at radius 2 is 1.81 bits per heavy atom. The van der Waals surface area contributed by atoms with E-state index in [9.17, 15) is 9.59 Å². The van der Waals surface area contributed by atoms with E-state index in [0.717, 1.165) is 17.5 Å². The Morgan fingerprint density at radius 1 is 1.07 bits per heavy atom. The van der Waals surface area contributed by atoms with E-state index in [0.29, 0.717) is 28.9 Å². The van der Waals surface area contributed by atoms with Gasteiger partial charge < -0.3 is 13.9 Å². The van der Waals surface area contributed by atoms with Crippen LogP contribution in [0.15, 0.2) is 21.4 Å². The molecular weight excluding hydrogens is 344 g/mol. The highest BCUT2D eigenvalue weighted by Gasteiger charge is 2.40. The predicted molar refractivity (Wildman–Crippen MR) is 104 cm³/mol. The van der Waals surface area contributed by atoms with Gasteiger partial charge in [-0.25, -0.2) is 4.79 Å². The van der Waals surface area contributed by atoms with Gasteiger partial charge in [0.25, 0.3) is 0 Å². The van der Waals surface area contributed by atoms with Crippen LogP contribution in [-0.2, 0) is 6.42 Å². The Labute approximate surface area is 158 Å². The molecular formula is C22H24O5. The van der Waals surface area contributed by atoms with Crippen LogP contribution in [0.3, 0.4) is 0 Å². The Bertz CT molecular complexity index is 1050. The fraction of sp³-hybridized carbons (Fsp3) is 0.455. The number of fused-ring (bicyclic) bond motifs is 6. The molecule has 0 saturated heterocycles. The molecule has 0 spiro atoms. The summed E-state index contributed by atoms with van der Waals surface area (Å²) in [5, 5.41) is 0.708. The van der Waals surface area contributed by atoms with Gasteiger partial charge in [-0.1, -0.05) is 13.3 Å². The summed E-state index contributed by atoms with van der Waals surface area (Å²) in [5.41, 5.74) is 0.611. The first-order chi connectivity index (χ1) is 12.6. The third kappa shape index (κ3) is 2.85. The fourth-order valence-electron chi connectivity index (χ4n) is 3.89. The maximum atomic E-state index is 13.0. The highest BCUT2D eigenvalue weighted by atomic mass is 16.5. The molecule has 3 heterocycles. The molecule has 142 valence electrons. The van der Waals surface area contributed by atoms with Crippen LogP contribution in [0.2, 0.25) is 0 Å². The number of ketones is 1. The molecule has 1 aromatic heterocycles. The number of hydrogen-bond acceptors (Lipinski definition) is 5. The van der Waals surface area contributed by atoms with Crippen LogP contribution in [0.4, 0.5) is 0 Å². The molecule has 1 aromatic carbocycles. The number of hydrogen-bond donors (Lipinski definition) is 0. The zero-order valence-electron chi connectivity index (χ0n) is 16.4. The molecule has 2 aliphatic rings. The van der Waals surface area contributed by atoms with Crippen molar-refractivity contribution in [3.63, 3.8) is 0 Å². The highest BCUT2D eigenvalue weighted by molar-refractivity contribution is 6.13. The Balaban J connectivity index is 2.18. The third-order valence-electron chi connectivity index (χ3n) is 4.99. The lowest BCUT2D eigenvalue weighted by Gasteiger charge is -2.36. The topological polar surface area (TPSA) is 65.7 Å². The SMILES string of the molecule is CCCc1cc(=O)oc2c3c(c4c(c12)OC(C)(C)C=C4)OC(C)(C)CC3=O. The van der Waals surface area contributed by atoms with Crippen molar-refractivity contribution in [1.29, 1.82) is 0 Å². The van der Waals surface area contributed by atoms with Gasteiger partial charge in [0.2, 0.25) is 0 Å². The molecule has 0 N–H and O–H groups in total. The molecule has 0 unspecified atom stereocenters. The second-order valence-corrected chi connectivity index (χ2v) is 8.49. The second kappa shape index (κ2) is 5.72. The summed E-state index contributed by atoms with van der Waals surface area (Å²) in [4.78, 5) is 25.2. The Hall–Kier alpha value is -2.56. The van der Waals surface area contributed by atoms with Crippen molar-refractivity contribution in [1.82, 2.24) is 0 Å². The van der Waals surface area contributed by atoms with Gasteiger partial charge in [-0.15, -0.1) is 0 Å². The van der Waals surface area contributed by atoms with Gasteiger partial charge in [0.05, 0.1) is 17.4 Å². The van der Waals surface area contributed by atoms with E-state index < -0.39 is 16.8 Å². The highest BCUT2D eigenvalue weighted by Crippen LogP contribution is 2.49. The minimum absolute atomic E-state index is 0.0796. The van der Waals surface area contributed by atoms with Crippen molar-refractivity contribution in [3.8, 4) is 11.5 Å². The zero-order valence-corrected chi connectivity index (χ0v) is 16.4. The molecule has 0 atom stereocenters. The molecule has 0 aliphatic carbocycles. The number of aryl methyl sites for hydroxylation is 1. The average Bonchev–Trinajstić information content (AvgIpc) is 2.52. The van der Waals surface area contributed by atoms with Crippen LogP contribution >= 0.6 is 0 Å². The van der Waals surface area contributed by atoms with Crippen LogP contribution in [-0.4, -0.2) is 17.0 Å². The lowest BCUT2D eigenvalue weighted by Crippen LogP contribution is -2.37. The number of carbonyl (C=O) groups is 1. The number of rotatable bonds is 2. The summed E-state index contributed by atoms with van der Waals surface area (Å²) < 4.78 is 18.0. The van der Waals surface area contributed by atoms with Gasteiger partial charge in [0.1, 0.15) is 28.3 Å². The van der Waals surface area contributed by atoms with E-state index in [2.05, 4.69) is 0 Å². The number of benzene rings is 1. The fourth-order valence-corrected chi connectivity index (χ4v) is 3.89. The smallest absolute Gasteiger partial charge is 0.336 e. The zero-order chi connectivity index (χ0) is 19.6. The standard InChI is InChI=1S/C22H24O5/c1-6-7-12-10-15(24)25-20-16(12)18-13(8-9-21(2,3)26-18)19-17(20)14(23)11-22(4,5)27-19/h8-10H,6-7,11H2,1-5H3. The van der Waals surface area contributed by atoms with E-state index in [-0.39, 0.29) is 17.8 Å². The first kappa shape index (κ1) is 17.8. The maximum Gasteiger partial charge on any atom is 0.336 e. The summed E-state index contributed by atoms with van der Waals surface area (Å²) in [7, 11) is 0. The van der Waals surface area contributed by atoms with Gasteiger partial charge in [-0.3, -0.25) is 4.79 Å². The summed E-state index contributed by atoms with van der Waals surface area (Å²) in [6.07, 6.45) is 5.69. The van der Waals surface area contributed by atoms with Crippen LogP contribution < -0.4 is 15.1 Å². The molecule has 0 radical (unpaired) electrons. The van der Waals surface area contributed by atoms with Gasteiger partial charge in [0.15, 0.2) is 11.4 Å². The van der Waals surface area contributed by atoms with Gasteiger partial charge >= 0.3 is 5.63 Å². The van der Waals surface area contributed by atoms with E-state index in [1.54, 1.807) is 0 Å². The normalized spacial score (nSPS) is 19.2. The minimum atomic E-state index is -0.631. The first-order valence-electron chi connectivity index (χ1n) is 9.39. The van der Waals surface area contributed by atoms with E-state index in [1.165, 1.54) is 6.07 Å². The molecule has 4 rings (SSSR count). The Kier molecular flexibility index (Phi) is 3.78. The molecule has 0 bridgehead atoms. The molecule has 27 heavy (non-hydrogen) atoms. The lowest BCUT2D eigenvalue weighted by atomic mass is 9.87. The summed E-state index contributed by atoms with van der Waals surface area (Å²) in [6.45, 7) is 9.74. The van der Waals surface area contributed by atoms with Crippen molar-refractivity contribution in [2.45, 2.75) is 65.1 Å². The van der Waals surface area contributed by atoms with Crippen LogP contribution in [0.5, 0.6) is 11.5 Å². The van der Waals surface area contributed by atoms with Gasteiger partial charge in [-0.2, -0.15) is 0 Å². The van der Waals surface area contributed by atoms with Crippen molar-refractivity contribution in [3.05, 3.63) is 39.3 Å². The van der Waals surface area contributed by atoms with Crippen molar-refractivity contribution in [2.24, 2.45) is 0 Å². The maximum absolute atomic E-state index is 13.0. The molecule has 2 aliphatic heterocycles. The monoisotopic (exact) mass is 368 g/mol. The summed E-state index contributed by atoms with van der Waals surface area (Å²) >= 11 is 0. The van der Waals surface area contributed by atoms with Crippen LogP contribution in [0, 0.1) is 0 Å². The van der Waals surface area contributed by atoms with Crippen molar-refractivity contribution in [2.75, 3.05) is 0 Å². The first-order valence-corrected chi connectivity index (χ1v) is 9.39. The molecule has 2 aromatic rings. The van der Waals surface area contributed by atoms with Crippen molar-refractivity contribution >= 4 is 22.8 Å². The number of carbonyl (C=O) groups excluding carboxylic acids is 1. The lowest BCUT2D eigenvalue weighted by molar-refractivity contribution is 0.0615. The van der Waals surface area contributed by atoms with Crippen LogP contribution in [0.1, 0.15) is 68.9 Å². The van der Waals surface area contributed by atoms with Gasteiger partial charge in [0, 0.05) is 6.07 Å². The molecule has 0 amide bonds. The van der Waals surface area contributed by atoms with E-state index in [4.69, 9.17) is 13.9 Å². The quantitative estimate of drug-likeness (QED) is 0.721. The third-order valence-corrected chi connectivity index (χ3v) is 4.99. The minimum Gasteiger partial charge on any atom is -0.486 e. The van der Waals surface area contributed by atoms with Gasteiger partial charge in [-0.05, 0) is 51.8 Å². The van der Waals surface area contributed by atoms with E-state index >= 15 is 0 Å². The second-order valence-electron chi connectivity index (χ2n) is 8.49. The molecule has 5 nitrogen and oxygen atoms in total. The summed E-state index contributed by atoms with van der Waals surface area (Å²) in [6, 6.07) is 1.51. The van der Waals surface area contributed by atoms with E-state index in [1.807, 2.05) is 46.8 Å². The number of ether oxygens (including phenoxy) is 2. The number of Topliss-reactive ketones (excluding diaryl/α,β-unsaturated/α-hetero) is 1. The van der Waals surface area contributed by atoms with Crippen LogP contribution in [0.25, 0.3) is 17.0 Å². The largest absolute Gasteiger partial charge is 0.486 e. The predicted octanol–water partition coefficient (Wildman–Crippen LogP) is 4.67. The van der Waals surface area contributed by atoms with Crippen molar-refractivity contribution < 1.29 is 18.7 Å². The average molecular weight is 368 g/mol. The Morgan fingerprint density at radius 3 is 2.52 bits per heavy atom. The molecule has 5 heteroatoms. The summed E-state index contributed by atoms with van der Waals surface area (Å²) in [5.74, 6) is 0.986. The molecule has 0 saturated carbocycles.